The quantitative estimate of drug-likeness (QED) is 0.648. The van der Waals surface area contributed by atoms with Gasteiger partial charge >= 0.3 is 0 Å². The van der Waals surface area contributed by atoms with Gasteiger partial charge in [0.25, 0.3) is 11.8 Å². The lowest BCUT2D eigenvalue weighted by molar-refractivity contribution is -0.117. The van der Waals surface area contributed by atoms with Crippen molar-refractivity contribution in [2.45, 2.75) is 6.92 Å². The summed E-state index contributed by atoms with van der Waals surface area (Å²) in [7, 11) is 3.07. The van der Waals surface area contributed by atoms with E-state index in [9.17, 15) is 9.59 Å². The first-order valence-corrected chi connectivity index (χ1v) is 7.61. The number of benzene rings is 2. The highest BCUT2D eigenvalue weighted by Crippen LogP contribution is 2.31. The SMILES string of the molecule is COc1cccc(/C=C/C(=O)NNC(=O)c2ccc(C)cc2)c1OC. The molecule has 130 valence electrons. The molecule has 0 aliphatic heterocycles. The van der Waals surface area contributed by atoms with E-state index in [4.69, 9.17) is 9.47 Å². The molecule has 25 heavy (non-hydrogen) atoms. The summed E-state index contributed by atoms with van der Waals surface area (Å²) in [5.41, 5.74) is 6.89. The molecule has 0 aliphatic rings. The maximum atomic E-state index is 11.9. The summed E-state index contributed by atoms with van der Waals surface area (Å²) < 4.78 is 10.5. The molecule has 2 aromatic carbocycles. The monoisotopic (exact) mass is 340 g/mol. The summed E-state index contributed by atoms with van der Waals surface area (Å²) in [6, 6.07) is 12.4. The van der Waals surface area contributed by atoms with Gasteiger partial charge in [0, 0.05) is 17.2 Å². The molecule has 2 aromatic rings. The van der Waals surface area contributed by atoms with E-state index >= 15 is 0 Å². The lowest BCUT2D eigenvalue weighted by Crippen LogP contribution is -2.40. The van der Waals surface area contributed by atoms with Crippen molar-refractivity contribution in [2.75, 3.05) is 14.2 Å². The Labute approximate surface area is 146 Å². The van der Waals surface area contributed by atoms with Crippen LogP contribution in [0.2, 0.25) is 0 Å². The molecule has 0 saturated heterocycles. The van der Waals surface area contributed by atoms with Gasteiger partial charge in [0.15, 0.2) is 11.5 Å². The van der Waals surface area contributed by atoms with Gasteiger partial charge in [0.2, 0.25) is 0 Å². The highest BCUT2D eigenvalue weighted by molar-refractivity contribution is 5.98. The van der Waals surface area contributed by atoms with Crippen LogP contribution < -0.4 is 20.3 Å². The van der Waals surface area contributed by atoms with Gasteiger partial charge in [0.1, 0.15) is 0 Å². The Morgan fingerprint density at radius 1 is 0.960 bits per heavy atom. The van der Waals surface area contributed by atoms with Crippen molar-refractivity contribution in [3.05, 3.63) is 65.2 Å². The van der Waals surface area contributed by atoms with Crippen molar-refractivity contribution >= 4 is 17.9 Å². The maximum Gasteiger partial charge on any atom is 0.269 e. The highest BCUT2D eigenvalue weighted by atomic mass is 16.5. The van der Waals surface area contributed by atoms with Crippen LogP contribution in [0.4, 0.5) is 0 Å². The molecule has 0 unspecified atom stereocenters. The Morgan fingerprint density at radius 2 is 1.68 bits per heavy atom. The molecule has 2 N–H and O–H groups in total. The Balaban J connectivity index is 1.97. The lowest BCUT2D eigenvalue weighted by atomic mass is 10.1. The van der Waals surface area contributed by atoms with E-state index in [1.165, 1.54) is 13.2 Å². The third-order valence-electron chi connectivity index (χ3n) is 3.46. The molecule has 0 aliphatic carbocycles. The molecule has 0 radical (unpaired) electrons. The van der Waals surface area contributed by atoms with Gasteiger partial charge in [-0.3, -0.25) is 20.4 Å². The van der Waals surface area contributed by atoms with Crippen LogP contribution in [-0.2, 0) is 4.79 Å². The van der Waals surface area contributed by atoms with Gasteiger partial charge in [-0.1, -0.05) is 29.8 Å². The minimum Gasteiger partial charge on any atom is -0.493 e. The molecule has 0 heterocycles. The first-order chi connectivity index (χ1) is 12.0. The average Bonchev–Trinajstić information content (AvgIpc) is 2.64. The van der Waals surface area contributed by atoms with Gasteiger partial charge in [0.05, 0.1) is 14.2 Å². The zero-order valence-corrected chi connectivity index (χ0v) is 14.3. The van der Waals surface area contributed by atoms with E-state index in [1.807, 2.05) is 19.1 Å². The Hall–Kier alpha value is -3.28. The first kappa shape index (κ1) is 18.1. The number of ether oxygens (including phenoxy) is 2. The molecule has 2 amide bonds. The van der Waals surface area contributed by atoms with Crippen molar-refractivity contribution < 1.29 is 19.1 Å². The number of carbonyl (C=O) groups is 2. The second kappa shape index (κ2) is 8.54. The minimum absolute atomic E-state index is 0.388. The number of aryl methyl sites for hydroxylation is 1. The van der Waals surface area contributed by atoms with E-state index in [-0.39, 0.29) is 5.91 Å². The van der Waals surface area contributed by atoms with Gasteiger partial charge in [-0.25, -0.2) is 0 Å². The van der Waals surface area contributed by atoms with E-state index in [0.717, 1.165) is 5.56 Å². The van der Waals surface area contributed by atoms with Crippen LogP contribution in [0, 0.1) is 6.92 Å². The molecule has 6 nitrogen and oxygen atoms in total. The van der Waals surface area contributed by atoms with Crippen LogP contribution in [0.15, 0.2) is 48.5 Å². The van der Waals surface area contributed by atoms with Gasteiger partial charge in [-0.2, -0.15) is 0 Å². The van der Waals surface area contributed by atoms with Crippen molar-refractivity contribution in [2.24, 2.45) is 0 Å². The van der Waals surface area contributed by atoms with Crippen molar-refractivity contribution in [1.82, 2.24) is 10.9 Å². The summed E-state index contributed by atoms with van der Waals surface area (Å²) in [6.45, 7) is 1.93. The molecule has 0 saturated carbocycles. The first-order valence-electron chi connectivity index (χ1n) is 7.61. The summed E-state index contributed by atoms with van der Waals surface area (Å²) >= 11 is 0. The van der Waals surface area contributed by atoms with Crippen LogP contribution in [0.1, 0.15) is 21.5 Å². The molecule has 0 spiro atoms. The summed E-state index contributed by atoms with van der Waals surface area (Å²) in [6.07, 6.45) is 2.88. The Kier molecular flexibility index (Phi) is 6.17. The highest BCUT2D eigenvalue weighted by Gasteiger charge is 2.08. The normalized spacial score (nSPS) is 10.4. The van der Waals surface area contributed by atoms with Gasteiger partial charge in [-0.05, 0) is 31.2 Å². The number of hydrogen-bond acceptors (Lipinski definition) is 4. The standard InChI is InChI=1S/C19H20N2O4/c1-13-7-9-15(10-8-13)19(23)21-20-17(22)12-11-14-5-4-6-16(24-2)18(14)25-3/h4-12H,1-3H3,(H,20,22)(H,21,23)/b12-11+. The van der Waals surface area contributed by atoms with Crippen LogP contribution in [0.3, 0.4) is 0 Å². The fraction of sp³-hybridized carbons (Fsp3) is 0.158. The zero-order chi connectivity index (χ0) is 18.2. The molecule has 2 rings (SSSR count). The molecule has 0 bridgehead atoms. The fourth-order valence-corrected chi connectivity index (χ4v) is 2.15. The van der Waals surface area contributed by atoms with E-state index in [2.05, 4.69) is 10.9 Å². The number of methoxy groups -OCH3 is 2. The molecule has 0 atom stereocenters. The summed E-state index contributed by atoms with van der Waals surface area (Å²) in [5.74, 6) is 0.238. The lowest BCUT2D eigenvalue weighted by Gasteiger charge is -2.10. The zero-order valence-electron chi connectivity index (χ0n) is 14.3. The van der Waals surface area contributed by atoms with Gasteiger partial charge < -0.3 is 9.47 Å². The molecule has 6 heteroatoms. The van der Waals surface area contributed by atoms with Crippen molar-refractivity contribution in [3.8, 4) is 11.5 Å². The third-order valence-corrected chi connectivity index (χ3v) is 3.46. The molecular weight excluding hydrogens is 320 g/mol. The predicted octanol–water partition coefficient (Wildman–Crippen LogP) is 2.49. The topological polar surface area (TPSA) is 76.7 Å². The van der Waals surface area contributed by atoms with Crippen LogP contribution in [-0.4, -0.2) is 26.0 Å². The number of amides is 2. The number of rotatable bonds is 5. The van der Waals surface area contributed by atoms with Crippen molar-refractivity contribution in [1.29, 1.82) is 0 Å². The van der Waals surface area contributed by atoms with Crippen LogP contribution in [0.5, 0.6) is 11.5 Å². The largest absolute Gasteiger partial charge is 0.493 e. The Morgan fingerprint density at radius 3 is 2.32 bits per heavy atom. The van der Waals surface area contributed by atoms with E-state index in [1.54, 1.807) is 43.5 Å². The van der Waals surface area contributed by atoms with Crippen LogP contribution >= 0.6 is 0 Å². The maximum absolute atomic E-state index is 11.9. The summed E-state index contributed by atoms with van der Waals surface area (Å²) in [4.78, 5) is 23.8. The van der Waals surface area contributed by atoms with Crippen molar-refractivity contribution in [3.63, 3.8) is 0 Å². The van der Waals surface area contributed by atoms with Gasteiger partial charge in [-0.15, -0.1) is 0 Å². The third kappa shape index (κ3) is 4.84. The smallest absolute Gasteiger partial charge is 0.269 e. The summed E-state index contributed by atoms with van der Waals surface area (Å²) in [5, 5.41) is 0. The van der Waals surface area contributed by atoms with E-state index in [0.29, 0.717) is 22.6 Å². The fourth-order valence-electron chi connectivity index (χ4n) is 2.15. The predicted molar refractivity (Wildman–Crippen MR) is 95.4 cm³/mol. The number of para-hydroxylation sites is 1. The molecule has 0 fully saturated rings. The number of carbonyl (C=O) groups excluding carboxylic acids is 2. The minimum atomic E-state index is -0.467. The Bertz CT molecular complexity index is 783. The number of hydrazine groups is 1. The van der Waals surface area contributed by atoms with Crippen LogP contribution in [0.25, 0.3) is 6.08 Å². The second-order valence-corrected chi connectivity index (χ2v) is 5.23. The number of nitrogens with one attached hydrogen (secondary N) is 2. The average molecular weight is 340 g/mol. The number of hydrogen-bond donors (Lipinski definition) is 2. The van der Waals surface area contributed by atoms with E-state index < -0.39 is 5.91 Å². The molecule has 0 aromatic heterocycles. The second-order valence-electron chi connectivity index (χ2n) is 5.23. The molecular formula is C19H20N2O4.